The van der Waals surface area contributed by atoms with E-state index in [0.717, 1.165) is 23.2 Å². The summed E-state index contributed by atoms with van der Waals surface area (Å²) in [4.78, 5) is 16.8. The molecular formula is C25H25N5O2S. The Morgan fingerprint density at radius 2 is 1.82 bits per heavy atom. The van der Waals surface area contributed by atoms with E-state index >= 15 is 0 Å². The molecule has 0 atom stereocenters. The van der Waals surface area contributed by atoms with Crippen LogP contribution in [0, 0.1) is 6.92 Å². The number of hydrogen-bond acceptors (Lipinski definition) is 6. The molecule has 0 saturated heterocycles. The van der Waals surface area contributed by atoms with Crippen LogP contribution < -0.4 is 10.1 Å². The second kappa shape index (κ2) is 10.3. The molecule has 7 nitrogen and oxygen atoms in total. The summed E-state index contributed by atoms with van der Waals surface area (Å²) in [6, 6.07) is 17.8. The summed E-state index contributed by atoms with van der Waals surface area (Å²) in [5.74, 6) is 1.35. The van der Waals surface area contributed by atoms with E-state index in [1.54, 1.807) is 19.5 Å². The SMILES string of the molecule is CCc1ccc(-n2c(SCC(=O)Nc3cc(C)ccc3OC)nnc2-c2ccncc2)cc1. The molecule has 0 aliphatic rings. The number of amides is 1. The van der Waals surface area contributed by atoms with Gasteiger partial charge in [0.05, 0.1) is 18.6 Å². The number of nitrogens with zero attached hydrogens (tertiary/aromatic N) is 4. The molecule has 0 aliphatic heterocycles. The van der Waals surface area contributed by atoms with E-state index in [1.807, 2.05) is 41.8 Å². The van der Waals surface area contributed by atoms with Crippen LogP contribution in [0.25, 0.3) is 17.1 Å². The van der Waals surface area contributed by atoms with Crippen LogP contribution in [0.15, 0.2) is 72.1 Å². The standard InChI is InChI=1S/C25H25N5O2S/c1-4-18-6-8-20(9-7-18)30-24(19-11-13-26-14-12-19)28-29-25(30)33-16-23(31)27-21-15-17(2)5-10-22(21)32-3/h5-15H,4,16H2,1-3H3,(H,27,31). The van der Waals surface area contributed by atoms with Crippen LogP contribution in [0.2, 0.25) is 0 Å². The molecule has 2 heterocycles. The number of anilines is 1. The van der Waals surface area contributed by atoms with Crippen LogP contribution in [0.1, 0.15) is 18.1 Å². The average molecular weight is 460 g/mol. The Morgan fingerprint density at radius 1 is 1.06 bits per heavy atom. The van der Waals surface area contributed by atoms with E-state index in [2.05, 4.69) is 51.7 Å². The first-order valence-corrected chi connectivity index (χ1v) is 11.6. The lowest BCUT2D eigenvalue weighted by Gasteiger charge is -2.12. The van der Waals surface area contributed by atoms with E-state index in [4.69, 9.17) is 4.74 Å². The number of rotatable bonds is 8. The summed E-state index contributed by atoms with van der Waals surface area (Å²) in [5.41, 5.74) is 4.77. The van der Waals surface area contributed by atoms with Crippen molar-refractivity contribution in [3.63, 3.8) is 0 Å². The zero-order chi connectivity index (χ0) is 23.2. The van der Waals surface area contributed by atoms with Crippen LogP contribution in [-0.2, 0) is 11.2 Å². The predicted molar refractivity (Wildman–Crippen MR) is 131 cm³/mol. The van der Waals surface area contributed by atoms with Crippen LogP contribution >= 0.6 is 11.8 Å². The van der Waals surface area contributed by atoms with Gasteiger partial charge in [-0.25, -0.2) is 0 Å². The summed E-state index contributed by atoms with van der Waals surface area (Å²) in [5, 5.41) is 12.4. The first-order valence-electron chi connectivity index (χ1n) is 10.6. The van der Waals surface area contributed by atoms with Crippen molar-refractivity contribution >= 4 is 23.4 Å². The van der Waals surface area contributed by atoms with Crippen molar-refractivity contribution in [1.29, 1.82) is 0 Å². The summed E-state index contributed by atoms with van der Waals surface area (Å²) in [6.45, 7) is 4.09. The number of benzene rings is 2. The highest BCUT2D eigenvalue weighted by Crippen LogP contribution is 2.29. The minimum atomic E-state index is -0.148. The van der Waals surface area contributed by atoms with Crippen molar-refractivity contribution < 1.29 is 9.53 Å². The Balaban J connectivity index is 1.59. The minimum absolute atomic E-state index is 0.148. The number of methoxy groups -OCH3 is 1. The van der Waals surface area contributed by atoms with Gasteiger partial charge in [-0.15, -0.1) is 10.2 Å². The van der Waals surface area contributed by atoms with Gasteiger partial charge in [-0.3, -0.25) is 14.3 Å². The Morgan fingerprint density at radius 3 is 2.52 bits per heavy atom. The molecule has 33 heavy (non-hydrogen) atoms. The Kier molecular flexibility index (Phi) is 7.04. The molecule has 1 N–H and O–H groups in total. The van der Waals surface area contributed by atoms with E-state index in [0.29, 0.717) is 22.4 Å². The first-order chi connectivity index (χ1) is 16.1. The highest BCUT2D eigenvalue weighted by molar-refractivity contribution is 7.99. The van der Waals surface area contributed by atoms with Gasteiger partial charge in [0.2, 0.25) is 5.91 Å². The number of ether oxygens (including phenoxy) is 1. The van der Waals surface area contributed by atoms with E-state index in [-0.39, 0.29) is 11.7 Å². The smallest absolute Gasteiger partial charge is 0.234 e. The Bertz CT molecular complexity index is 1240. The van der Waals surface area contributed by atoms with Gasteiger partial charge in [0.25, 0.3) is 0 Å². The third-order valence-electron chi connectivity index (χ3n) is 5.14. The number of aryl methyl sites for hydroxylation is 2. The van der Waals surface area contributed by atoms with Gasteiger partial charge in [-0.2, -0.15) is 0 Å². The summed E-state index contributed by atoms with van der Waals surface area (Å²) in [6.07, 6.45) is 4.41. The van der Waals surface area contributed by atoms with Gasteiger partial charge < -0.3 is 10.1 Å². The molecule has 0 bridgehead atoms. The molecule has 0 fully saturated rings. The fraction of sp³-hybridized carbons (Fsp3) is 0.200. The predicted octanol–water partition coefficient (Wildman–Crippen LogP) is 4.94. The lowest BCUT2D eigenvalue weighted by Crippen LogP contribution is -2.15. The monoisotopic (exact) mass is 459 g/mol. The summed E-state index contributed by atoms with van der Waals surface area (Å²) >= 11 is 1.33. The highest BCUT2D eigenvalue weighted by atomic mass is 32.2. The molecule has 2 aromatic carbocycles. The van der Waals surface area contributed by atoms with Gasteiger partial charge in [0.15, 0.2) is 11.0 Å². The summed E-state index contributed by atoms with van der Waals surface area (Å²) in [7, 11) is 1.59. The van der Waals surface area contributed by atoms with Gasteiger partial charge in [-0.1, -0.05) is 36.9 Å². The fourth-order valence-corrected chi connectivity index (χ4v) is 4.15. The van der Waals surface area contributed by atoms with Crippen molar-refractivity contribution in [3.8, 4) is 22.8 Å². The molecule has 1 amide bonds. The van der Waals surface area contributed by atoms with Crippen molar-refractivity contribution in [3.05, 3.63) is 78.1 Å². The molecule has 8 heteroatoms. The van der Waals surface area contributed by atoms with E-state index in [1.165, 1.54) is 17.3 Å². The Labute approximate surface area is 197 Å². The van der Waals surface area contributed by atoms with Crippen molar-refractivity contribution in [2.75, 3.05) is 18.2 Å². The molecule has 4 aromatic rings. The van der Waals surface area contributed by atoms with E-state index < -0.39 is 0 Å². The second-order valence-electron chi connectivity index (χ2n) is 7.44. The molecule has 4 rings (SSSR count). The number of aromatic nitrogens is 4. The molecule has 0 aliphatic carbocycles. The number of thioether (sulfide) groups is 1. The maximum Gasteiger partial charge on any atom is 0.234 e. The molecule has 0 saturated carbocycles. The zero-order valence-electron chi connectivity index (χ0n) is 18.8. The topological polar surface area (TPSA) is 81.9 Å². The van der Waals surface area contributed by atoms with E-state index in [9.17, 15) is 4.79 Å². The van der Waals surface area contributed by atoms with Crippen molar-refractivity contribution in [2.24, 2.45) is 0 Å². The zero-order valence-corrected chi connectivity index (χ0v) is 19.6. The third kappa shape index (κ3) is 5.23. The lowest BCUT2D eigenvalue weighted by molar-refractivity contribution is -0.113. The third-order valence-corrected chi connectivity index (χ3v) is 6.07. The quantitative estimate of drug-likeness (QED) is 0.376. The molecule has 2 aromatic heterocycles. The first kappa shape index (κ1) is 22.5. The van der Waals surface area contributed by atoms with Gasteiger partial charge in [-0.05, 0) is 60.9 Å². The number of pyridine rings is 1. The second-order valence-corrected chi connectivity index (χ2v) is 8.38. The number of carbonyl (C=O) groups excluding carboxylic acids is 1. The number of carbonyl (C=O) groups is 1. The van der Waals surface area contributed by atoms with Crippen molar-refractivity contribution in [2.45, 2.75) is 25.4 Å². The average Bonchev–Trinajstić information content (AvgIpc) is 3.27. The van der Waals surface area contributed by atoms with Crippen LogP contribution in [-0.4, -0.2) is 38.5 Å². The molecular weight excluding hydrogens is 434 g/mol. The van der Waals surface area contributed by atoms with Gasteiger partial charge in [0, 0.05) is 23.6 Å². The molecule has 0 spiro atoms. The van der Waals surface area contributed by atoms with Crippen LogP contribution in [0.5, 0.6) is 5.75 Å². The van der Waals surface area contributed by atoms with Crippen LogP contribution in [0.3, 0.4) is 0 Å². The van der Waals surface area contributed by atoms with Crippen molar-refractivity contribution in [1.82, 2.24) is 19.7 Å². The minimum Gasteiger partial charge on any atom is -0.495 e. The lowest BCUT2D eigenvalue weighted by atomic mass is 10.1. The van der Waals surface area contributed by atoms with Gasteiger partial charge >= 0.3 is 0 Å². The molecule has 168 valence electrons. The molecule has 0 radical (unpaired) electrons. The maximum absolute atomic E-state index is 12.7. The highest BCUT2D eigenvalue weighted by Gasteiger charge is 2.18. The number of hydrogen-bond donors (Lipinski definition) is 1. The van der Waals surface area contributed by atoms with Gasteiger partial charge in [0.1, 0.15) is 5.75 Å². The maximum atomic E-state index is 12.7. The summed E-state index contributed by atoms with van der Waals surface area (Å²) < 4.78 is 7.33. The van der Waals surface area contributed by atoms with Crippen LogP contribution in [0.4, 0.5) is 5.69 Å². The molecule has 0 unspecified atom stereocenters. The normalized spacial score (nSPS) is 10.8. The Hall–Kier alpha value is -3.65. The largest absolute Gasteiger partial charge is 0.495 e. The fourth-order valence-electron chi connectivity index (χ4n) is 3.40. The number of nitrogens with one attached hydrogen (secondary N) is 1.